The number of nitrogens with one attached hydrogen (secondary N) is 1. The first-order chi connectivity index (χ1) is 11.4. The van der Waals surface area contributed by atoms with Crippen LogP contribution in [0.2, 0.25) is 0 Å². The molecule has 0 aliphatic carbocycles. The van der Waals surface area contributed by atoms with Crippen molar-refractivity contribution in [2.75, 3.05) is 13.2 Å². The van der Waals surface area contributed by atoms with E-state index in [0.29, 0.717) is 11.7 Å². The van der Waals surface area contributed by atoms with Gasteiger partial charge in [-0.3, -0.25) is 10.1 Å². The fraction of sp³-hybridized carbons (Fsp3) is 0.375. The van der Waals surface area contributed by atoms with Crippen LogP contribution in [0.4, 0.5) is 0 Å². The summed E-state index contributed by atoms with van der Waals surface area (Å²) in [5.41, 5.74) is 0.967. The Labute approximate surface area is 133 Å². The van der Waals surface area contributed by atoms with Crippen LogP contribution in [0.25, 0.3) is 11.4 Å². The number of aryl methyl sites for hydroxylation is 2. The van der Waals surface area contributed by atoms with Crippen molar-refractivity contribution in [2.45, 2.75) is 25.3 Å². The number of hydrogen-bond donors (Lipinski definition) is 1. The number of nitrogens with zero attached hydrogens (tertiary/aromatic N) is 5. The van der Waals surface area contributed by atoms with Crippen molar-refractivity contribution in [3.05, 3.63) is 48.6 Å². The van der Waals surface area contributed by atoms with Crippen molar-refractivity contribution in [2.24, 2.45) is 0 Å². The summed E-state index contributed by atoms with van der Waals surface area (Å²) >= 11 is 0. The number of pyridine rings is 1. The zero-order chi connectivity index (χ0) is 15.5. The minimum Gasteiger partial charge on any atom is -0.381 e. The molecule has 0 spiro atoms. The predicted molar refractivity (Wildman–Crippen MR) is 83.7 cm³/mol. The summed E-state index contributed by atoms with van der Waals surface area (Å²) in [6, 6.07) is 3.81. The minimum atomic E-state index is 0.409. The largest absolute Gasteiger partial charge is 0.381 e. The molecule has 0 radical (unpaired) electrons. The van der Waals surface area contributed by atoms with Crippen molar-refractivity contribution >= 4 is 0 Å². The quantitative estimate of drug-likeness (QED) is 0.777. The molecule has 1 fully saturated rings. The molecule has 1 unspecified atom stereocenters. The summed E-state index contributed by atoms with van der Waals surface area (Å²) in [5.74, 6) is 3.10. The molecule has 23 heavy (non-hydrogen) atoms. The zero-order valence-electron chi connectivity index (χ0n) is 12.7. The van der Waals surface area contributed by atoms with Crippen molar-refractivity contribution in [1.29, 1.82) is 0 Å². The van der Waals surface area contributed by atoms with Gasteiger partial charge >= 0.3 is 0 Å². The number of aromatic amines is 1. The molecule has 1 atom stereocenters. The summed E-state index contributed by atoms with van der Waals surface area (Å²) in [7, 11) is 0. The van der Waals surface area contributed by atoms with Crippen molar-refractivity contribution < 1.29 is 4.74 Å². The Hall–Kier alpha value is -2.54. The molecule has 1 N–H and O–H groups in total. The van der Waals surface area contributed by atoms with Gasteiger partial charge in [-0.1, -0.05) is 0 Å². The molecule has 4 heterocycles. The van der Waals surface area contributed by atoms with E-state index in [9.17, 15) is 0 Å². The third-order valence-corrected chi connectivity index (χ3v) is 4.10. The molecule has 3 aromatic heterocycles. The van der Waals surface area contributed by atoms with Crippen LogP contribution in [-0.2, 0) is 17.7 Å². The summed E-state index contributed by atoms with van der Waals surface area (Å²) in [6.07, 6.45) is 9.20. The SMILES string of the molecule is c1cc(-c2n[nH]c(CCn3ccnc3C3CCOC3)n2)ccn1. The van der Waals surface area contributed by atoms with Gasteiger partial charge in [0, 0.05) is 55.8 Å². The van der Waals surface area contributed by atoms with Crippen molar-refractivity contribution in [3.8, 4) is 11.4 Å². The highest BCUT2D eigenvalue weighted by molar-refractivity contribution is 5.52. The van der Waals surface area contributed by atoms with E-state index in [0.717, 1.165) is 49.8 Å². The van der Waals surface area contributed by atoms with Gasteiger partial charge < -0.3 is 9.30 Å². The minimum absolute atomic E-state index is 0.409. The zero-order valence-corrected chi connectivity index (χ0v) is 12.7. The van der Waals surface area contributed by atoms with Crippen LogP contribution in [0.5, 0.6) is 0 Å². The lowest BCUT2D eigenvalue weighted by molar-refractivity contribution is 0.192. The summed E-state index contributed by atoms with van der Waals surface area (Å²) in [5, 5.41) is 7.29. The lowest BCUT2D eigenvalue weighted by Gasteiger charge is -2.10. The Morgan fingerprint density at radius 2 is 2.17 bits per heavy atom. The molecule has 1 aliphatic rings. The van der Waals surface area contributed by atoms with Crippen LogP contribution >= 0.6 is 0 Å². The van der Waals surface area contributed by atoms with Gasteiger partial charge in [-0.05, 0) is 18.6 Å². The van der Waals surface area contributed by atoms with Gasteiger partial charge in [-0.25, -0.2) is 9.97 Å². The highest BCUT2D eigenvalue weighted by Crippen LogP contribution is 2.23. The van der Waals surface area contributed by atoms with Gasteiger partial charge in [0.2, 0.25) is 0 Å². The van der Waals surface area contributed by atoms with E-state index in [4.69, 9.17) is 4.74 Å². The number of aromatic nitrogens is 6. The number of imidazole rings is 1. The van der Waals surface area contributed by atoms with Gasteiger partial charge in [-0.15, -0.1) is 0 Å². The Morgan fingerprint density at radius 3 is 3.00 bits per heavy atom. The number of H-pyrrole nitrogens is 1. The molecule has 7 heteroatoms. The maximum atomic E-state index is 5.46. The first-order valence-electron chi connectivity index (χ1n) is 7.80. The second-order valence-corrected chi connectivity index (χ2v) is 5.63. The molecule has 3 aromatic rings. The Morgan fingerprint density at radius 1 is 1.26 bits per heavy atom. The molecule has 1 saturated heterocycles. The Balaban J connectivity index is 1.44. The lowest BCUT2D eigenvalue weighted by atomic mass is 10.1. The average Bonchev–Trinajstić information content (AvgIpc) is 3.33. The van der Waals surface area contributed by atoms with Crippen molar-refractivity contribution in [1.82, 2.24) is 29.7 Å². The number of rotatable bonds is 5. The van der Waals surface area contributed by atoms with Crippen LogP contribution in [0.1, 0.15) is 24.0 Å². The van der Waals surface area contributed by atoms with Gasteiger partial charge in [0.15, 0.2) is 5.82 Å². The fourth-order valence-corrected chi connectivity index (χ4v) is 2.87. The molecule has 1 aliphatic heterocycles. The molecule has 118 valence electrons. The topological polar surface area (TPSA) is 81.5 Å². The average molecular weight is 310 g/mol. The molecule has 0 saturated carbocycles. The molecular weight excluding hydrogens is 292 g/mol. The third-order valence-electron chi connectivity index (χ3n) is 4.10. The fourth-order valence-electron chi connectivity index (χ4n) is 2.87. The highest BCUT2D eigenvalue weighted by Gasteiger charge is 2.22. The van der Waals surface area contributed by atoms with Gasteiger partial charge in [-0.2, -0.15) is 5.10 Å². The van der Waals surface area contributed by atoms with E-state index < -0.39 is 0 Å². The standard InChI is InChI=1S/C16H18N6O/c1-5-17-6-2-12(1)15-19-14(20-21-15)3-8-22-9-7-18-16(22)13-4-10-23-11-13/h1-2,5-7,9,13H,3-4,8,10-11H2,(H,19,20,21). The van der Waals surface area contributed by atoms with E-state index in [1.165, 1.54) is 0 Å². The molecule has 4 rings (SSSR count). The molecular formula is C16H18N6O. The Bertz CT molecular complexity index is 760. The van der Waals surface area contributed by atoms with E-state index in [-0.39, 0.29) is 0 Å². The van der Waals surface area contributed by atoms with Crippen LogP contribution in [0.3, 0.4) is 0 Å². The lowest BCUT2D eigenvalue weighted by Crippen LogP contribution is -2.11. The van der Waals surface area contributed by atoms with Crippen LogP contribution in [0.15, 0.2) is 36.9 Å². The van der Waals surface area contributed by atoms with Gasteiger partial charge in [0.25, 0.3) is 0 Å². The first kappa shape index (κ1) is 14.1. The van der Waals surface area contributed by atoms with E-state index >= 15 is 0 Å². The number of hydrogen-bond acceptors (Lipinski definition) is 5. The third kappa shape index (κ3) is 3.00. The highest BCUT2D eigenvalue weighted by atomic mass is 16.5. The van der Waals surface area contributed by atoms with Gasteiger partial charge in [0.1, 0.15) is 11.6 Å². The molecule has 7 nitrogen and oxygen atoms in total. The maximum absolute atomic E-state index is 5.46. The Kier molecular flexibility index (Phi) is 3.85. The normalized spacial score (nSPS) is 17.7. The summed E-state index contributed by atoms with van der Waals surface area (Å²) < 4.78 is 7.65. The smallest absolute Gasteiger partial charge is 0.181 e. The van der Waals surface area contributed by atoms with Crippen molar-refractivity contribution in [3.63, 3.8) is 0 Å². The van der Waals surface area contributed by atoms with E-state index in [1.54, 1.807) is 12.4 Å². The van der Waals surface area contributed by atoms with Crippen LogP contribution in [-0.4, -0.2) is 42.9 Å². The molecule has 0 aromatic carbocycles. The maximum Gasteiger partial charge on any atom is 0.181 e. The number of ether oxygens (including phenoxy) is 1. The van der Waals surface area contributed by atoms with E-state index in [1.807, 2.05) is 24.5 Å². The predicted octanol–water partition coefficient (Wildman–Crippen LogP) is 1.81. The summed E-state index contributed by atoms with van der Waals surface area (Å²) in [6.45, 7) is 2.43. The van der Waals surface area contributed by atoms with Crippen LogP contribution in [0, 0.1) is 0 Å². The summed E-state index contributed by atoms with van der Waals surface area (Å²) in [4.78, 5) is 13.1. The molecule has 0 amide bonds. The second-order valence-electron chi connectivity index (χ2n) is 5.63. The monoisotopic (exact) mass is 310 g/mol. The van der Waals surface area contributed by atoms with Gasteiger partial charge in [0.05, 0.1) is 6.61 Å². The second kappa shape index (κ2) is 6.29. The van der Waals surface area contributed by atoms with E-state index in [2.05, 4.69) is 29.7 Å². The first-order valence-corrected chi connectivity index (χ1v) is 7.80. The van der Waals surface area contributed by atoms with Crippen LogP contribution < -0.4 is 0 Å². The molecule has 0 bridgehead atoms.